The third kappa shape index (κ3) is 1.69. The molecule has 1 fully saturated rings. The highest BCUT2D eigenvalue weighted by atomic mass is 15.1. The molecular formula is C11H19N3. The normalized spacial score (nSPS) is 27.6. The Balaban J connectivity index is 2.10. The molecule has 1 heterocycles. The molecule has 0 saturated heterocycles. The summed E-state index contributed by atoms with van der Waals surface area (Å²) in [4.78, 5) is 4.37. The Labute approximate surface area is 85.3 Å². The number of hydrogen-bond donors (Lipinski definition) is 1. The highest BCUT2D eigenvalue weighted by molar-refractivity contribution is 5.05. The van der Waals surface area contributed by atoms with Crippen LogP contribution in [0.2, 0.25) is 0 Å². The Kier molecular flexibility index (Phi) is 2.59. The van der Waals surface area contributed by atoms with Gasteiger partial charge in [0, 0.05) is 18.9 Å². The fourth-order valence-electron chi connectivity index (χ4n) is 2.09. The van der Waals surface area contributed by atoms with Crippen molar-refractivity contribution in [2.75, 3.05) is 0 Å². The standard InChI is InChI=1S/C11H19N3/c1-3-5-14-6-4-13-11(14)10(12)9-7-8(9)2/h4,6,8-10H,3,5,7,12H2,1-2H3. The average molecular weight is 193 g/mol. The minimum absolute atomic E-state index is 0.145. The molecule has 1 aromatic rings. The van der Waals surface area contributed by atoms with Crippen LogP contribution in [0.3, 0.4) is 0 Å². The summed E-state index contributed by atoms with van der Waals surface area (Å²) >= 11 is 0. The predicted molar refractivity (Wildman–Crippen MR) is 56.7 cm³/mol. The SMILES string of the molecule is CCCn1ccnc1C(N)C1CC1C. The van der Waals surface area contributed by atoms with E-state index in [2.05, 4.69) is 23.4 Å². The van der Waals surface area contributed by atoms with Gasteiger partial charge in [-0.3, -0.25) is 0 Å². The monoisotopic (exact) mass is 193 g/mol. The Bertz CT molecular complexity index is 305. The van der Waals surface area contributed by atoms with Gasteiger partial charge in [-0.1, -0.05) is 13.8 Å². The molecule has 3 nitrogen and oxygen atoms in total. The van der Waals surface area contributed by atoms with Gasteiger partial charge in [-0.05, 0) is 24.7 Å². The van der Waals surface area contributed by atoms with Crippen molar-refractivity contribution in [1.29, 1.82) is 0 Å². The second-order valence-corrected chi connectivity index (χ2v) is 4.38. The lowest BCUT2D eigenvalue weighted by Gasteiger charge is -2.12. The van der Waals surface area contributed by atoms with E-state index >= 15 is 0 Å². The van der Waals surface area contributed by atoms with Gasteiger partial charge in [0.05, 0.1) is 6.04 Å². The summed E-state index contributed by atoms with van der Waals surface area (Å²) in [5.74, 6) is 2.52. The van der Waals surface area contributed by atoms with E-state index in [4.69, 9.17) is 5.73 Å². The van der Waals surface area contributed by atoms with Crippen molar-refractivity contribution in [3.8, 4) is 0 Å². The van der Waals surface area contributed by atoms with Crippen LogP contribution in [-0.4, -0.2) is 9.55 Å². The Morgan fingerprint density at radius 2 is 2.43 bits per heavy atom. The van der Waals surface area contributed by atoms with Crippen molar-refractivity contribution in [2.45, 2.75) is 39.3 Å². The van der Waals surface area contributed by atoms with Crippen molar-refractivity contribution in [1.82, 2.24) is 9.55 Å². The van der Waals surface area contributed by atoms with Crippen molar-refractivity contribution in [3.05, 3.63) is 18.2 Å². The molecule has 0 bridgehead atoms. The zero-order valence-electron chi connectivity index (χ0n) is 8.98. The maximum atomic E-state index is 6.18. The highest BCUT2D eigenvalue weighted by Gasteiger charge is 2.39. The van der Waals surface area contributed by atoms with E-state index in [1.807, 2.05) is 12.4 Å². The molecule has 0 aliphatic heterocycles. The maximum absolute atomic E-state index is 6.18. The summed E-state index contributed by atoms with van der Waals surface area (Å²) in [7, 11) is 0. The van der Waals surface area contributed by atoms with Gasteiger partial charge in [0.15, 0.2) is 0 Å². The van der Waals surface area contributed by atoms with E-state index in [9.17, 15) is 0 Å². The molecule has 3 atom stereocenters. The predicted octanol–water partition coefficient (Wildman–Crippen LogP) is 1.95. The largest absolute Gasteiger partial charge is 0.334 e. The first kappa shape index (κ1) is 9.71. The van der Waals surface area contributed by atoms with Gasteiger partial charge in [-0.25, -0.2) is 4.98 Å². The lowest BCUT2D eigenvalue weighted by Crippen LogP contribution is -2.19. The summed E-state index contributed by atoms with van der Waals surface area (Å²) in [6.07, 6.45) is 6.29. The van der Waals surface area contributed by atoms with Gasteiger partial charge >= 0.3 is 0 Å². The number of nitrogens with zero attached hydrogens (tertiary/aromatic N) is 2. The van der Waals surface area contributed by atoms with Gasteiger partial charge in [0.1, 0.15) is 5.82 Å². The van der Waals surface area contributed by atoms with Gasteiger partial charge < -0.3 is 10.3 Å². The highest BCUT2D eigenvalue weighted by Crippen LogP contribution is 2.45. The Morgan fingerprint density at radius 3 is 3.00 bits per heavy atom. The average Bonchev–Trinajstić information content (AvgIpc) is 2.72. The fraction of sp³-hybridized carbons (Fsp3) is 0.727. The van der Waals surface area contributed by atoms with Crippen molar-refractivity contribution in [3.63, 3.8) is 0 Å². The van der Waals surface area contributed by atoms with Crippen molar-refractivity contribution in [2.24, 2.45) is 17.6 Å². The van der Waals surface area contributed by atoms with Gasteiger partial charge in [0.25, 0.3) is 0 Å². The van der Waals surface area contributed by atoms with Crippen LogP contribution < -0.4 is 5.73 Å². The molecule has 1 aliphatic rings. The van der Waals surface area contributed by atoms with Crippen molar-refractivity contribution >= 4 is 0 Å². The summed E-state index contributed by atoms with van der Waals surface area (Å²) in [5.41, 5.74) is 6.18. The first-order valence-electron chi connectivity index (χ1n) is 5.50. The maximum Gasteiger partial charge on any atom is 0.125 e. The number of aromatic nitrogens is 2. The summed E-state index contributed by atoms with van der Waals surface area (Å²) in [5, 5.41) is 0. The number of aryl methyl sites for hydroxylation is 1. The topological polar surface area (TPSA) is 43.8 Å². The number of imidazole rings is 1. The number of nitrogens with two attached hydrogens (primary N) is 1. The third-order valence-corrected chi connectivity index (χ3v) is 3.14. The van der Waals surface area contributed by atoms with Gasteiger partial charge in [0.2, 0.25) is 0 Å². The molecule has 1 aliphatic carbocycles. The molecule has 78 valence electrons. The van der Waals surface area contributed by atoms with Crippen LogP contribution in [0.5, 0.6) is 0 Å². The van der Waals surface area contributed by atoms with Crippen LogP contribution in [0.15, 0.2) is 12.4 Å². The minimum atomic E-state index is 0.145. The van der Waals surface area contributed by atoms with Crippen LogP contribution in [0.4, 0.5) is 0 Å². The zero-order valence-corrected chi connectivity index (χ0v) is 8.98. The van der Waals surface area contributed by atoms with Crippen LogP contribution in [0, 0.1) is 11.8 Å². The Morgan fingerprint density at radius 1 is 1.71 bits per heavy atom. The van der Waals surface area contributed by atoms with E-state index in [1.54, 1.807) is 0 Å². The molecule has 2 rings (SSSR count). The summed E-state index contributed by atoms with van der Waals surface area (Å²) in [6, 6.07) is 0.145. The van der Waals surface area contributed by atoms with Crippen LogP contribution >= 0.6 is 0 Å². The molecule has 0 radical (unpaired) electrons. The molecule has 3 unspecified atom stereocenters. The second kappa shape index (κ2) is 3.73. The van der Waals surface area contributed by atoms with E-state index in [0.717, 1.165) is 24.7 Å². The van der Waals surface area contributed by atoms with E-state index in [1.165, 1.54) is 6.42 Å². The zero-order chi connectivity index (χ0) is 10.1. The van der Waals surface area contributed by atoms with Gasteiger partial charge in [-0.15, -0.1) is 0 Å². The fourth-order valence-corrected chi connectivity index (χ4v) is 2.09. The van der Waals surface area contributed by atoms with Crippen LogP contribution in [0.25, 0.3) is 0 Å². The molecule has 1 aromatic heterocycles. The minimum Gasteiger partial charge on any atom is -0.334 e. The Hall–Kier alpha value is -0.830. The lowest BCUT2D eigenvalue weighted by atomic mass is 10.1. The second-order valence-electron chi connectivity index (χ2n) is 4.38. The van der Waals surface area contributed by atoms with Gasteiger partial charge in [-0.2, -0.15) is 0 Å². The first-order valence-corrected chi connectivity index (χ1v) is 5.50. The van der Waals surface area contributed by atoms with E-state index in [0.29, 0.717) is 5.92 Å². The van der Waals surface area contributed by atoms with Crippen LogP contribution in [-0.2, 0) is 6.54 Å². The molecule has 0 aromatic carbocycles. The quantitative estimate of drug-likeness (QED) is 0.794. The molecule has 0 spiro atoms. The smallest absolute Gasteiger partial charge is 0.125 e. The lowest BCUT2D eigenvalue weighted by molar-refractivity contribution is 0.517. The molecule has 0 amide bonds. The van der Waals surface area contributed by atoms with E-state index < -0.39 is 0 Å². The number of rotatable bonds is 4. The van der Waals surface area contributed by atoms with Crippen LogP contribution in [0.1, 0.15) is 38.6 Å². The molecule has 14 heavy (non-hydrogen) atoms. The molecule has 3 heteroatoms. The summed E-state index contributed by atoms with van der Waals surface area (Å²) in [6.45, 7) is 5.47. The van der Waals surface area contributed by atoms with Crippen molar-refractivity contribution < 1.29 is 0 Å². The molecule has 1 saturated carbocycles. The van der Waals surface area contributed by atoms with E-state index in [-0.39, 0.29) is 6.04 Å². The molecule has 2 N–H and O–H groups in total. The third-order valence-electron chi connectivity index (χ3n) is 3.14. The first-order chi connectivity index (χ1) is 6.74. The summed E-state index contributed by atoms with van der Waals surface area (Å²) < 4.78 is 2.19. The number of hydrogen-bond acceptors (Lipinski definition) is 2. The molecular weight excluding hydrogens is 174 g/mol.